The van der Waals surface area contributed by atoms with Gasteiger partial charge >= 0.3 is 0 Å². The van der Waals surface area contributed by atoms with E-state index in [0.29, 0.717) is 6.54 Å². The zero-order valence-corrected chi connectivity index (χ0v) is 16.5. The second-order valence-corrected chi connectivity index (χ2v) is 7.39. The monoisotopic (exact) mass is 454 g/mol. The van der Waals surface area contributed by atoms with Crippen molar-refractivity contribution in [3.8, 4) is 0 Å². The van der Waals surface area contributed by atoms with Gasteiger partial charge in [0.05, 0.1) is 5.75 Å². The molecule has 1 N–H and O–H groups in total. The van der Waals surface area contributed by atoms with Crippen LogP contribution in [0.25, 0.3) is 0 Å². The lowest BCUT2D eigenvalue weighted by atomic mass is 10.3. The third kappa shape index (κ3) is 6.45. The molecule has 0 aromatic carbocycles. The predicted octanol–water partition coefficient (Wildman–Crippen LogP) is -0.163. The van der Waals surface area contributed by atoms with Gasteiger partial charge in [-0.05, 0) is 6.07 Å². The van der Waals surface area contributed by atoms with Gasteiger partial charge in [-0.15, -0.1) is 24.0 Å². The van der Waals surface area contributed by atoms with E-state index in [0.717, 1.165) is 38.1 Å². The van der Waals surface area contributed by atoms with Crippen LogP contribution in [0.3, 0.4) is 0 Å². The Hall–Kier alpha value is -1.17. The van der Waals surface area contributed by atoms with Crippen molar-refractivity contribution in [1.82, 2.24) is 20.2 Å². The van der Waals surface area contributed by atoms with Crippen LogP contribution in [0, 0.1) is 0 Å². The molecule has 0 bridgehead atoms. The highest BCUT2D eigenvalue weighted by Gasteiger charge is 2.21. The summed E-state index contributed by atoms with van der Waals surface area (Å²) in [7, 11) is -1.26. The van der Waals surface area contributed by atoms with Crippen molar-refractivity contribution < 1.29 is 8.42 Å². The van der Waals surface area contributed by atoms with Gasteiger partial charge in [-0.3, -0.25) is 4.99 Å². The van der Waals surface area contributed by atoms with Gasteiger partial charge in [0.1, 0.15) is 9.84 Å². The molecule has 0 atom stereocenters. The van der Waals surface area contributed by atoms with Crippen LogP contribution in [0.2, 0.25) is 0 Å². The third-order valence-corrected chi connectivity index (χ3v) is 4.33. The van der Waals surface area contributed by atoms with Crippen LogP contribution in [0.15, 0.2) is 23.5 Å². The summed E-state index contributed by atoms with van der Waals surface area (Å²) in [6.45, 7) is 3.55. The fourth-order valence-electron chi connectivity index (χ4n) is 2.25. The molecule has 1 aliphatic rings. The molecule has 0 amide bonds. The van der Waals surface area contributed by atoms with Crippen molar-refractivity contribution >= 4 is 45.7 Å². The molecule has 10 heteroatoms. The van der Waals surface area contributed by atoms with E-state index in [1.165, 1.54) is 6.26 Å². The first kappa shape index (κ1) is 19.9. The van der Waals surface area contributed by atoms with Crippen molar-refractivity contribution in [1.29, 1.82) is 0 Å². The van der Waals surface area contributed by atoms with E-state index in [-0.39, 0.29) is 29.7 Å². The first-order valence-corrected chi connectivity index (χ1v) is 9.21. The number of hydrogen-bond donors (Lipinski definition) is 1. The molecule has 1 saturated heterocycles. The minimum absolute atomic E-state index is 0. The van der Waals surface area contributed by atoms with Gasteiger partial charge in [0, 0.05) is 58.4 Å². The molecule has 1 fully saturated rings. The van der Waals surface area contributed by atoms with Gasteiger partial charge in [-0.25, -0.2) is 18.4 Å². The highest BCUT2D eigenvalue weighted by molar-refractivity contribution is 14.0. The standard InChI is InChI=1S/C13H22N6O2S.HI/c1-14-12(17-6-11-22(2,20)21)18-7-9-19(10-8-18)13-15-4-3-5-16-13;/h3-5H,6-11H2,1-2H3,(H,14,17);1H. The Bertz CT molecular complexity index is 602. The average molecular weight is 454 g/mol. The average Bonchev–Trinajstić information content (AvgIpc) is 2.52. The summed E-state index contributed by atoms with van der Waals surface area (Å²) in [4.78, 5) is 17.0. The number of guanidine groups is 1. The lowest BCUT2D eigenvalue weighted by Crippen LogP contribution is -2.53. The Labute approximate surface area is 154 Å². The number of hydrogen-bond acceptors (Lipinski definition) is 6. The van der Waals surface area contributed by atoms with Crippen LogP contribution < -0.4 is 10.2 Å². The number of piperazine rings is 1. The Morgan fingerprint density at radius 3 is 2.39 bits per heavy atom. The first-order chi connectivity index (χ1) is 10.5. The molecule has 0 spiro atoms. The minimum atomic E-state index is -2.96. The number of nitrogens with zero attached hydrogens (tertiary/aromatic N) is 5. The zero-order chi connectivity index (χ0) is 16.0. The Balaban J connectivity index is 0.00000264. The van der Waals surface area contributed by atoms with E-state index in [1.54, 1.807) is 25.5 Å². The number of anilines is 1. The molecule has 23 heavy (non-hydrogen) atoms. The molecular formula is C13H23IN6O2S. The molecule has 2 heterocycles. The van der Waals surface area contributed by atoms with Crippen molar-refractivity contribution in [2.24, 2.45) is 4.99 Å². The molecule has 1 aromatic heterocycles. The van der Waals surface area contributed by atoms with Gasteiger partial charge in [0.2, 0.25) is 5.95 Å². The topological polar surface area (TPSA) is 90.8 Å². The maximum atomic E-state index is 11.2. The quantitative estimate of drug-likeness (QED) is 0.384. The summed E-state index contributed by atoms with van der Waals surface area (Å²) in [6, 6.07) is 1.80. The molecular weight excluding hydrogens is 431 g/mol. The Kier molecular flexibility index (Phi) is 7.95. The largest absolute Gasteiger partial charge is 0.355 e. The zero-order valence-electron chi connectivity index (χ0n) is 13.3. The SMILES string of the molecule is CN=C(NCCS(C)(=O)=O)N1CCN(c2ncccn2)CC1.I. The predicted molar refractivity (Wildman–Crippen MR) is 102 cm³/mol. The smallest absolute Gasteiger partial charge is 0.225 e. The van der Waals surface area contributed by atoms with Crippen LogP contribution in [-0.4, -0.2) is 81.0 Å². The number of nitrogens with one attached hydrogen (secondary N) is 1. The van der Waals surface area contributed by atoms with Crippen molar-refractivity contribution in [3.05, 3.63) is 18.5 Å². The summed E-state index contributed by atoms with van der Waals surface area (Å²) < 4.78 is 22.3. The summed E-state index contributed by atoms with van der Waals surface area (Å²) in [5.74, 6) is 1.57. The molecule has 1 aromatic rings. The fraction of sp³-hybridized carbons (Fsp3) is 0.615. The number of rotatable bonds is 4. The van der Waals surface area contributed by atoms with Gasteiger partial charge in [-0.1, -0.05) is 0 Å². The van der Waals surface area contributed by atoms with Crippen LogP contribution >= 0.6 is 24.0 Å². The molecule has 0 saturated carbocycles. The van der Waals surface area contributed by atoms with E-state index < -0.39 is 9.84 Å². The number of aromatic nitrogens is 2. The normalized spacial score (nSPS) is 16.0. The maximum Gasteiger partial charge on any atom is 0.225 e. The van der Waals surface area contributed by atoms with Crippen LogP contribution in [0.4, 0.5) is 5.95 Å². The number of aliphatic imine (C=N–C) groups is 1. The van der Waals surface area contributed by atoms with Gasteiger partial charge in [0.25, 0.3) is 0 Å². The van der Waals surface area contributed by atoms with E-state index in [4.69, 9.17) is 0 Å². The summed E-state index contributed by atoms with van der Waals surface area (Å²) in [5.41, 5.74) is 0. The molecule has 1 aliphatic heterocycles. The first-order valence-electron chi connectivity index (χ1n) is 7.15. The van der Waals surface area contributed by atoms with Gasteiger partial charge < -0.3 is 15.1 Å². The van der Waals surface area contributed by atoms with E-state index in [9.17, 15) is 8.42 Å². The van der Waals surface area contributed by atoms with Crippen molar-refractivity contribution in [2.75, 3.05) is 56.7 Å². The van der Waals surface area contributed by atoms with Crippen molar-refractivity contribution in [2.45, 2.75) is 0 Å². The lowest BCUT2D eigenvalue weighted by Gasteiger charge is -2.36. The lowest BCUT2D eigenvalue weighted by molar-refractivity contribution is 0.371. The minimum Gasteiger partial charge on any atom is -0.355 e. The summed E-state index contributed by atoms with van der Waals surface area (Å²) >= 11 is 0. The van der Waals surface area contributed by atoms with Crippen LogP contribution in [0.5, 0.6) is 0 Å². The van der Waals surface area contributed by atoms with Crippen LogP contribution in [-0.2, 0) is 9.84 Å². The summed E-state index contributed by atoms with van der Waals surface area (Å²) in [6.07, 6.45) is 4.71. The molecule has 0 aliphatic carbocycles. The fourth-order valence-corrected chi connectivity index (χ4v) is 2.73. The van der Waals surface area contributed by atoms with E-state index in [1.807, 2.05) is 0 Å². The van der Waals surface area contributed by atoms with Gasteiger partial charge in [-0.2, -0.15) is 0 Å². The second kappa shape index (κ2) is 9.21. The third-order valence-electron chi connectivity index (χ3n) is 3.38. The Morgan fingerprint density at radius 1 is 1.26 bits per heavy atom. The molecule has 0 radical (unpaired) electrons. The maximum absolute atomic E-state index is 11.2. The van der Waals surface area contributed by atoms with Gasteiger partial charge in [0.15, 0.2) is 5.96 Å². The Morgan fingerprint density at radius 2 is 1.87 bits per heavy atom. The summed E-state index contributed by atoms with van der Waals surface area (Å²) in [5, 5.41) is 3.10. The van der Waals surface area contributed by atoms with Crippen LogP contribution in [0.1, 0.15) is 0 Å². The van der Waals surface area contributed by atoms with E-state index in [2.05, 4.69) is 30.1 Å². The highest BCUT2D eigenvalue weighted by atomic mass is 127. The molecule has 2 rings (SSSR count). The number of sulfone groups is 1. The van der Waals surface area contributed by atoms with E-state index >= 15 is 0 Å². The molecule has 0 unspecified atom stereocenters. The second-order valence-electron chi connectivity index (χ2n) is 5.13. The molecule has 8 nitrogen and oxygen atoms in total. The number of halogens is 1. The van der Waals surface area contributed by atoms with Crippen molar-refractivity contribution in [3.63, 3.8) is 0 Å². The highest BCUT2D eigenvalue weighted by Crippen LogP contribution is 2.09. The molecule has 130 valence electrons.